The lowest BCUT2D eigenvalue weighted by Crippen LogP contribution is -2.52. The largest absolute Gasteiger partial charge is 0.333 e. The normalized spacial score (nSPS) is 24.0. The van der Waals surface area contributed by atoms with Crippen LogP contribution in [0.25, 0.3) is 0 Å². The molecule has 0 aromatic heterocycles. The minimum absolute atomic E-state index is 0.180. The molecule has 114 valence electrons. The molecule has 1 atom stereocenters. The molecular weight excluding hydrogens is 260 g/mol. The minimum Gasteiger partial charge on any atom is -0.333 e. The number of benzene rings is 1. The van der Waals surface area contributed by atoms with E-state index < -0.39 is 0 Å². The molecular formula is C18H26N2O. The number of hydrogen-bond acceptors (Lipinski definition) is 2. The molecule has 0 unspecified atom stereocenters. The summed E-state index contributed by atoms with van der Waals surface area (Å²) in [6, 6.07) is 8.69. The monoisotopic (exact) mass is 286 g/mol. The zero-order chi connectivity index (χ0) is 14.7. The highest BCUT2D eigenvalue weighted by Crippen LogP contribution is 2.32. The van der Waals surface area contributed by atoms with Gasteiger partial charge < -0.3 is 10.2 Å². The zero-order valence-electron chi connectivity index (χ0n) is 13.0. The van der Waals surface area contributed by atoms with Crippen LogP contribution >= 0.6 is 0 Å². The Labute approximate surface area is 127 Å². The Hall–Kier alpha value is -1.35. The van der Waals surface area contributed by atoms with Gasteiger partial charge >= 0.3 is 0 Å². The average molecular weight is 286 g/mol. The van der Waals surface area contributed by atoms with E-state index in [1.165, 1.54) is 37.7 Å². The molecule has 1 saturated heterocycles. The second-order valence-corrected chi connectivity index (χ2v) is 6.51. The summed E-state index contributed by atoms with van der Waals surface area (Å²) in [6.07, 6.45) is 6.70. The molecule has 1 aliphatic carbocycles. The van der Waals surface area contributed by atoms with Crippen molar-refractivity contribution in [2.24, 2.45) is 0 Å². The molecule has 3 rings (SSSR count). The molecule has 0 bridgehead atoms. The fourth-order valence-corrected chi connectivity index (χ4v) is 3.64. The van der Waals surface area contributed by atoms with Crippen molar-refractivity contribution in [2.75, 3.05) is 19.6 Å². The molecule has 1 heterocycles. The number of nitrogens with one attached hydrogen (secondary N) is 1. The molecule has 0 spiro atoms. The molecule has 1 amide bonds. The first-order chi connectivity index (χ1) is 10.3. The fourth-order valence-electron chi connectivity index (χ4n) is 3.64. The van der Waals surface area contributed by atoms with Crippen LogP contribution in [0.3, 0.4) is 0 Å². The third kappa shape index (κ3) is 3.29. The van der Waals surface area contributed by atoms with E-state index in [1.54, 1.807) is 0 Å². The van der Waals surface area contributed by atoms with Crippen LogP contribution in [-0.2, 0) is 0 Å². The maximum Gasteiger partial charge on any atom is 0.254 e. The van der Waals surface area contributed by atoms with Crippen LogP contribution in [0.1, 0.15) is 60.9 Å². The van der Waals surface area contributed by atoms with Crippen LogP contribution in [-0.4, -0.2) is 36.5 Å². The van der Waals surface area contributed by atoms with E-state index in [0.717, 1.165) is 25.2 Å². The van der Waals surface area contributed by atoms with Gasteiger partial charge in [0.25, 0.3) is 5.91 Å². The highest BCUT2D eigenvalue weighted by molar-refractivity contribution is 5.94. The van der Waals surface area contributed by atoms with E-state index >= 15 is 0 Å². The molecule has 1 saturated carbocycles. The van der Waals surface area contributed by atoms with Crippen molar-refractivity contribution in [2.45, 2.75) is 51.0 Å². The maximum absolute atomic E-state index is 12.6. The van der Waals surface area contributed by atoms with Crippen molar-refractivity contribution in [1.82, 2.24) is 10.2 Å². The van der Waals surface area contributed by atoms with Gasteiger partial charge in [0.15, 0.2) is 0 Å². The summed E-state index contributed by atoms with van der Waals surface area (Å²) in [5, 5.41) is 3.33. The van der Waals surface area contributed by atoms with E-state index in [2.05, 4.69) is 24.4 Å². The number of hydrogen-bond donors (Lipinski definition) is 1. The van der Waals surface area contributed by atoms with Gasteiger partial charge in [0.2, 0.25) is 0 Å². The molecule has 21 heavy (non-hydrogen) atoms. The van der Waals surface area contributed by atoms with Gasteiger partial charge in [-0.1, -0.05) is 31.4 Å². The first-order valence-corrected chi connectivity index (χ1v) is 8.37. The Morgan fingerprint density at radius 1 is 1.14 bits per heavy atom. The van der Waals surface area contributed by atoms with E-state index in [9.17, 15) is 4.79 Å². The van der Waals surface area contributed by atoms with Crippen molar-refractivity contribution in [3.05, 3.63) is 35.4 Å². The average Bonchev–Trinajstić information content (AvgIpc) is 2.56. The number of amides is 1. The summed E-state index contributed by atoms with van der Waals surface area (Å²) >= 11 is 0. The Balaban J connectivity index is 1.69. The van der Waals surface area contributed by atoms with Crippen molar-refractivity contribution in [3.8, 4) is 0 Å². The topological polar surface area (TPSA) is 32.3 Å². The lowest BCUT2D eigenvalue weighted by atomic mass is 9.84. The third-order valence-corrected chi connectivity index (χ3v) is 5.00. The van der Waals surface area contributed by atoms with E-state index in [1.807, 2.05) is 17.0 Å². The molecule has 2 fully saturated rings. The second-order valence-electron chi connectivity index (χ2n) is 6.51. The predicted octanol–water partition coefficient (Wildman–Crippen LogP) is 3.17. The lowest BCUT2D eigenvalue weighted by molar-refractivity contribution is 0.0655. The number of nitrogens with zero attached hydrogens (tertiary/aromatic N) is 1. The third-order valence-electron chi connectivity index (χ3n) is 5.00. The molecule has 3 nitrogen and oxygen atoms in total. The van der Waals surface area contributed by atoms with Gasteiger partial charge in [0.05, 0.1) is 0 Å². The van der Waals surface area contributed by atoms with Crippen molar-refractivity contribution in [3.63, 3.8) is 0 Å². The van der Waals surface area contributed by atoms with Crippen molar-refractivity contribution in [1.29, 1.82) is 0 Å². The van der Waals surface area contributed by atoms with Crippen LogP contribution in [0.4, 0.5) is 0 Å². The maximum atomic E-state index is 12.6. The lowest BCUT2D eigenvalue weighted by Gasteiger charge is -2.34. The predicted molar refractivity (Wildman–Crippen MR) is 85.6 cm³/mol. The van der Waals surface area contributed by atoms with Gasteiger partial charge in [-0.3, -0.25) is 4.79 Å². The number of carbonyl (C=O) groups excluding carboxylic acids is 1. The highest BCUT2D eigenvalue weighted by atomic mass is 16.2. The SMILES string of the molecule is C[C@H]1CNCCN1C(=O)c1ccc(C2CCCCC2)cc1. The second kappa shape index (κ2) is 6.61. The van der Waals surface area contributed by atoms with Crippen LogP contribution < -0.4 is 5.32 Å². The highest BCUT2D eigenvalue weighted by Gasteiger charge is 2.24. The summed E-state index contributed by atoms with van der Waals surface area (Å²) in [5.74, 6) is 0.889. The Morgan fingerprint density at radius 2 is 1.86 bits per heavy atom. The van der Waals surface area contributed by atoms with E-state index in [0.29, 0.717) is 5.92 Å². The zero-order valence-corrected chi connectivity index (χ0v) is 13.0. The summed E-state index contributed by atoms with van der Waals surface area (Å²) in [5.41, 5.74) is 2.25. The molecule has 0 radical (unpaired) electrons. The summed E-state index contributed by atoms with van der Waals surface area (Å²) in [4.78, 5) is 14.6. The van der Waals surface area contributed by atoms with Crippen molar-refractivity contribution < 1.29 is 4.79 Å². The summed E-state index contributed by atoms with van der Waals surface area (Å²) in [6.45, 7) is 4.72. The van der Waals surface area contributed by atoms with Gasteiger partial charge in [-0.25, -0.2) is 0 Å². The number of carbonyl (C=O) groups is 1. The number of rotatable bonds is 2. The number of piperazine rings is 1. The van der Waals surface area contributed by atoms with Gasteiger partial charge in [-0.15, -0.1) is 0 Å². The van der Waals surface area contributed by atoms with E-state index in [-0.39, 0.29) is 11.9 Å². The molecule has 3 heteroatoms. The van der Waals surface area contributed by atoms with Gasteiger partial charge in [0, 0.05) is 31.2 Å². The van der Waals surface area contributed by atoms with Crippen LogP contribution in [0.15, 0.2) is 24.3 Å². The summed E-state index contributed by atoms with van der Waals surface area (Å²) < 4.78 is 0. The van der Waals surface area contributed by atoms with Gasteiger partial charge in [-0.2, -0.15) is 0 Å². The van der Waals surface area contributed by atoms with Crippen LogP contribution in [0.5, 0.6) is 0 Å². The molecule has 1 N–H and O–H groups in total. The molecule has 1 aliphatic heterocycles. The Morgan fingerprint density at radius 3 is 2.52 bits per heavy atom. The Kier molecular flexibility index (Phi) is 4.59. The van der Waals surface area contributed by atoms with Crippen molar-refractivity contribution >= 4 is 5.91 Å². The Bertz CT molecular complexity index is 476. The first kappa shape index (κ1) is 14.6. The molecule has 1 aromatic carbocycles. The smallest absolute Gasteiger partial charge is 0.254 e. The first-order valence-electron chi connectivity index (χ1n) is 8.37. The van der Waals surface area contributed by atoms with Gasteiger partial charge in [0.1, 0.15) is 0 Å². The minimum atomic E-state index is 0.180. The molecule has 1 aromatic rings. The van der Waals surface area contributed by atoms with Crippen LogP contribution in [0, 0.1) is 0 Å². The fraction of sp³-hybridized carbons (Fsp3) is 0.611. The van der Waals surface area contributed by atoms with Gasteiger partial charge in [-0.05, 0) is 43.4 Å². The standard InChI is InChI=1S/C18H26N2O/c1-14-13-19-11-12-20(14)18(21)17-9-7-16(8-10-17)15-5-3-2-4-6-15/h7-10,14-15,19H,2-6,11-13H2,1H3/t14-/m0/s1. The summed E-state index contributed by atoms with van der Waals surface area (Å²) in [7, 11) is 0. The molecule has 2 aliphatic rings. The quantitative estimate of drug-likeness (QED) is 0.905. The van der Waals surface area contributed by atoms with Crippen LogP contribution in [0.2, 0.25) is 0 Å². The van der Waals surface area contributed by atoms with E-state index in [4.69, 9.17) is 0 Å².